The van der Waals surface area contributed by atoms with Gasteiger partial charge in [0, 0.05) is 24.4 Å². The zero-order valence-corrected chi connectivity index (χ0v) is 13.9. The molecule has 2 heterocycles. The van der Waals surface area contributed by atoms with Gasteiger partial charge in [0.25, 0.3) is 0 Å². The Morgan fingerprint density at radius 2 is 1.72 bits per heavy atom. The van der Waals surface area contributed by atoms with Crippen LogP contribution >= 0.6 is 0 Å². The smallest absolute Gasteiger partial charge is 0.227 e. The van der Waals surface area contributed by atoms with Crippen LogP contribution in [-0.4, -0.2) is 29.4 Å². The number of benzene rings is 2. The van der Waals surface area contributed by atoms with Gasteiger partial charge >= 0.3 is 0 Å². The van der Waals surface area contributed by atoms with Crippen molar-refractivity contribution >= 4 is 0 Å². The van der Waals surface area contributed by atoms with Crippen molar-refractivity contribution < 1.29 is 8.91 Å². The summed E-state index contributed by atoms with van der Waals surface area (Å²) in [5, 5.41) is 7.11. The Morgan fingerprint density at radius 3 is 2.48 bits per heavy atom. The van der Waals surface area contributed by atoms with Gasteiger partial charge in [0.2, 0.25) is 11.7 Å². The van der Waals surface area contributed by atoms with Gasteiger partial charge in [-0.3, -0.25) is 0 Å². The lowest BCUT2D eigenvalue weighted by Gasteiger charge is -2.25. The third-order valence-electron chi connectivity index (χ3n) is 4.70. The van der Waals surface area contributed by atoms with E-state index >= 15 is 0 Å². The standard InChI is InChI=1S/C20H20FN3O/c21-18-13-22-11-10-17(18)12-19-23-20(24-25-19)16-8-6-15(7-9-16)14-4-2-1-3-5-14/h1-9,17-18,22H,10-13H2. The number of hydrogen-bond acceptors (Lipinski definition) is 4. The summed E-state index contributed by atoms with van der Waals surface area (Å²) in [6.45, 7) is 1.25. The van der Waals surface area contributed by atoms with E-state index in [4.69, 9.17) is 4.52 Å². The second-order valence-electron chi connectivity index (χ2n) is 6.43. The fourth-order valence-corrected chi connectivity index (χ4v) is 3.23. The fourth-order valence-electron chi connectivity index (χ4n) is 3.23. The SMILES string of the molecule is FC1CNCCC1Cc1nc(-c2ccc(-c3ccccc3)cc2)no1. The van der Waals surface area contributed by atoms with Gasteiger partial charge < -0.3 is 9.84 Å². The van der Waals surface area contributed by atoms with E-state index in [0.717, 1.165) is 24.1 Å². The van der Waals surface area contributed by atoms with Crippen molar-refractivity contribution in [2.45, 2.75) is 19.0 Å². The van der Waals surface area contributed by atoms with Crippen LogP contribution in [0.5, 0.6) is 0 Å². The molecule has 0 amide bonds. The molecule has 4 rings (SSSR count). The van der Waals surface area contributed by atoms with Gasteiger partial charge in [-0.25, -0.2) is 4.39 Å². The molecule has 1 aliphatic heterocycles. The highest BCUT2D eigenvalue weighted by atomic mass is 19.1. The first-order valence-electron chi connectivity index (χ1n) is 8.63. The van der Waals surface area contributed by atoms with Crippen LogP contribution in [0, 0.1) is 5.92 Å². The Morgan fingerprint density at radius 1 is 1.00 bits per heavy atom. The Kier molecular flexibility index (Phi) is 4.57. The van der Waals surface area contributed by atoms with Gasteiger partial charge in [0.05, 0.1) is 0 Å². The van der Waals surface area contributed by atoms with Gasteiger partial charge in [-0.15, -0.1) is 0 Å². The van der Waals surface area contributed by atoms with Crippen LogP contribution in [0.1, 0.15) is 12.3 Å². The lowest BCUT2D eigenvalue weighted by atomic mass is 9.93. The highest BCUT2D eigenvalue weighted by molar-refractivity contribution is 5.67. The van der Waals surface area contributed by atoms with Crippen LogP contribution in [-0.2, 0) is 6.42 Å². The zero-order valence-electron chi connectivity index (χ0n) is 13.9. The molecule has 0 saturated carbocycles. The molecule has 4 nitrogen and oxygen atoms in total. The summed E-state index contributed by atoms with van der Waals surface area (Å²) >= 11 is 0. The average molecular weight is 337 g/mol. The molecule has 3 aromatic rings. The van der Waals surface area contributed by atoms with E-state index in [1.807, 2.05) is 42.5 Å². The van der Waals surface area contributed by atoms with Gasteiger partial charge in [-0.2, -0.15) is 4.98 Å². The van der Waals surface area contributed by atoms with Crippen LogP contribution < -0.4 is 5.32 Å². The molecule has 1 aromatic heterocycles. The minimum absolute atomic E-state index is 0.0463. The highest BCUT2D eigenvalue weighted by Crippen LogP contribution is 2.25. The number of hydrogen-bond donors (Lipinski definition) is 1. The third-order valence-corrected chi connectivity index (χ3v) is 4.70. The summed E-state index contributed by atoms with van der Waals surface area (Å²) < 4.78 is 19.3. The molecule has 0 bridgehead atoms. The molecule has 0 spiro atoms. The lowest BCUT2D eigenvalue weighted by molar-refractivity contribution is 0.169. The number of halogens is 1. The molecule has 2 atom stereocenters. The monoisotopic (exact) mass is 337 g/mol. The quantitative estimate of drug-likeness (QED) is 0.785. The number of aromatic nitrogens is 2. The van der Waals surface area contributed by atoms with E-state index in [1.54, 1.807) is 0 Å². The van der Waals surface area contributed by atoms with Crippen LogP contribution in [0.2, 0.25) is 0 Å². The van der Waals surface area contributed by atoms with Crippen molar-refractivity contribution in [2.24, 2.45) is 5.92 Å². The second kappa shape index (κ2) is 7.15. The summed E-state index contributed by atoms with van der Waals surface area (Å²) in [5.41, 5.74) is 3.21. The average Bonchev–Trinajstić information content (AvgIpc) is 3.13. The van der Waals surface area contributed by atoms with Crippen LogP contribution in [0.25, 0.3) is 22.5 Å². The molecule has 0 radical (unpaired) electrons. The van der Waals surface area contributed by atoms with Crippen LogP contribution in [0.3, 0.4) is 0 Å². The molecule has 0 aliphatic carbocycles. The fraction of sp³-hybridized carbons (Fsp3) is 0.300. The predicted molar refractivity (Wildman–Crippen MR) is 94.7 cm³/mol. The Hall–Kier alpha value is -2.53. The van der Waals surface area contributed by atoms with Crippen molar-refractivity contribution in [3.05, 3.63) is 60.5 Å². The van der Waals surface area contributed by atoms with Crippen molar-refractivity contribution in [3.63, 3.8) is 0 Å². The predicted octanol–water partition coefficient (Wildman–Crippen LogP) is 3.89. The molecule has 128 valence electrons. The number of rotatable bonds is 4. The van der Waals surface area contributed by atoms with E-state index in [2.05, 4.69) is 27.6 Å². The maximum atomic E-state index is 13.9. The third kappa shape index (κ3) is 3.61. The topological polar surface area (TPSA) is 51.0 Å². The lowest BCUT2D eigenvalue weighted by Crippen LogP contribution is -2.38. The molecule has 2 aromatic carbocycles. The first-order chi connectivity index (χ1) is 12.3. The maximum Gasteiger partial charge on any atom is 0.227 e. The molecular formula is C20H20FN3O. The molecule has 1 N–H and O–H groups in total. The summed E-state index contributed by atoms with van der Waals surface area (Å²) in [7, 11) is 0. The molecule has 2 unspecified atom stereocenters. The first kappa shape index (κ1) is 16.0. The van der Waals surface area contributed by atoms with Crippen LogP contribution in [0.15, 0.2) is 59.1 Å². The van der Waals surface area contributed by atoms with Crippen molar-refractivity contribution in [1.82, 2.24) is 15.5 Å². The van der Waals surface area contributed by atoms with Gasteiger partial charge in [0.15, 0.2) is 0 Å². The summed E-state index contributed by atoms with van der Waals surface area (Å²) in [5.74, 6) is 1.02. The zero-order chi connectivity index (χ0) is 17.1. The molecule has 1 saturated heterocycles. The van der Waals surface area contributed by atoms with Crippen molar-refractivity contribution in [2.75, 3.05) is 13.1 Å². The number of alkyl halides is 1. The number of nitrogens with zero attached hydrogens (tertiary/aromatic N) is 2. The van der Waals surface area contributed by atoms with E-state index in [1.165, 1.54) is 5.56 Å². The molecule has 1 fully saturated rings. The minimum atomic E-state index is -0.853. The van der Waals surface area contributed by atoms with Gasteiger partial charge in [0.1, 0.15) is 6.17 Å². The minimum Gasteiger partial charge on any atom is -0.339 e. The molecule has 1 aliphatic rings. The van der Waals surface area contributed by atoms with Gasteiger partial charge in [-0.05, 0) is 24.1 Å². The number of nitrogens with one attached hydrogen (secondary N) is 1. The number of piperidine rings is 1. The maximum absolute atomic E-state index is 13.9. The summed E-state index contributed by atoms with van der Waals surface area (Å²) in [6.07, 6.45) is 0.442. The first-order valence-corrected chi connectivity index (χ1v) is 8.63. The molecular weight excluding hydrogens is 317 g/mol. The van der Waals surface area contributed by atoms with Crippen molar-refractivity contribution in [3.8, 4) is 22.5 Å². The van der Waals surface area contributed by atoms with Gasteiger partial charge in [-0.1, -0.05) is 59.8 Å². The normalized spacial score (nSPS) is 20.5. The largest absolute Gasteiger partial charge is 0.339 e. The Bertz CT molecular complexity index is 816. The molecule has 25 heavy (non-hydrogen) atoms. The van der Waals surface area contributed by atoms with E-state index in [0.29, 0.717) is 24.7 Å². The van der Waals surface area contributed by atoms with Crippen molar-refractivity contribution in [1.29, 1.82) is 0 Å². The van der Waals surface area contributed by atoms with E-state index in [-0.39, 0.29) is 5.92 Å². The van der Waals surface area contributed by atoms with E-state index < -0.39 is 6.17 Å². The summed E-state index contributed by atoms with van der Waals surface area (Å²) in [6, 6.07) is 18.3. The Balaban J connectivity index is 1.48. The summed E-state index contributed by atoms with van der Waals surface area (Å²) in [4.78, 5) is 4.45. The second-order valence-corrected chi connectivity index (χ2v) is 6.43. The van der Waals surface area contributed by atoms with E-state index in [9.17, 15) is 4.39 Å². The molecule has 5 heteroatoms. The van der Waals surface area contributed by atoms with Crippen LogP contribution in [0.4, 0.5) is 4.39 Å². The Labute approximate surface area is 146 Å². The highest BCUT2D eigenvalue weighted by Gasteiger charge is 2.26.